The number of fused-ring (bicyclic) bond motifs is 6. The van der Waals surface area contributed by atoms with Crippen LogP contribution < -0.4 is 4.90 Å². The van der Waals surface area contributed by atoms with Crippen molar-refractivity contribution in [1.29, 1.82) is 0 Å². The average Bonchev–Trinajstić information content (AvgIpc) is 4.20. The lowest BCUT2D eigenvalue weighted by atomic mass is 9.98. The maximum atomic E-state index is 3.98. The third-order valence-electron chi connectivity index (χ3n) is 11.6. The van der Waals surface area contributed by atoms with Crippen LogP contribution in [-0.2, 0) is 7.05 Å². The third-order valence-corrected chi connectivity index (χ3v) is 11.6. The SMILES string of the molecule is CC.CC.CC.CC.CC.CC.CC.CC.CC.CN(c1ccccc1)c1ccccc1.Cc1c2ccccc2cc2ccccc12.Cc1ccccc1.Cc1ccccn1.Cn1c2ccccc2c2ccccc21.c1ccc2ccccc2c1. The van der Waals surface area contributed by atoms with Crippen molar-refractivity contribution in [3.05, 3.63) is 284 Å². The Morgan fingerprint density at radius 1 is 0.282 bits per heavy atom. The number of rotatable bonds is 2. The Balaban J connectivity index is -0.000000914. The van der Waals surface area contributed by atoms with Crippen molar-refractivity contribution in [2.75, 3.05) is 11.9 Å². The van der Waals surface area contributed by atoms with Crippen molar-refractivity contribution < 1.29 is 0 Å². The van der Waals surface area contributed by atoms with Gasteiger partial charge in [0.2, 0.25) is 0 Å². The molecule has 10 aromatic carbocycles. The molecule has 3 heteroatoms. The molecule has 12 aromatic rings. The minimum Gasteiger partial charge on any atom is -0.345 e. The van der Waals surface area contributed by atoms with Crippen molar-refractivity contribution in [2.45, 2.75) is 145 Å². The lowest BCUT2D eigenvalue weighted by Crippen LogP contribution is -2.08. The van der Waals surface area contributed by atoms with E-state index in [2.05, 4.69) is 255 Å². The van der Waals surface area contributed by atoms with Gasteiger partial charge in [-0.3, -0.25) is 4.98 Å². The fraction of sp³-hybridized carbons (Fsp3) is 0.280. The van der Waals surface area contributed by atoms with Crippen molar-refractivity contribution in [1.82, 2.24) is 9.55 Å². The second-order valence-electron chi connectivity index (χ2n) is 16.2. The number of aryl methyl sites for hydroxylation is 4. The standard InChI is InChI=1S/C15H12.C13H11N.C13H13N.C10H8.C7H8.C6H7N.9C2H6/c1-11-14-8-4-2-6-12(14)10-13-7-3-5-9-15(11)13;1-14-12-8-4-2-6-10(12)11-7-3-5-9-13(11)14;1-14(12-8-4-2-5-9-12)13-10-6-3-7-11-13;1-2-6-10-8-4-3-7-9(10)5-1;1-7-5-3-2-4-6-7;1-6-4-2-3-5-7-6;9*1-2/h2-10H,1H3;2-9H,1H3;2-11H,1H3;1-8H;2-6H,1H3;2-5H,1H3;9*1-2H3. The summed E-state index contributed by atoms with van der Waals surface area (Å²) in [6.45, 7) is 42.3. The quantitative estimate of drug-likeness (QED) is 0.161. The van der Waals surface area contributed by atoms with Crippen molar-refractivity contribution in [3.8, 4) is 0 Å². The molecular weight excluding hydrogens is 1030 g/mol. The maximum Gasteiger partial charge on any atom is 0.0488 e. The summed E-state index contributed by atoms with van der Waals surface area (Å²) in [6, 6.07) is 89.9. The van der Waals surface area contributed by atoms with Gasteiger partial charge in [-0.1, -0.05) is 336 Å². The second-order valence-corrected chi connectivity index (χ2v) is 16.2. The predicted molar refractivity (Wildman–Crippen MR) is 394 cm³/mol. The fourth-order valence-electron chi connectivity index (χ4n) is 7.93. The molecule has 0 radical (unpaired) electrons. The first-order chi connectivity index (χ1) is 41.9. The molecule has 0 bridgehead atoms. The summed E-state index contributed by atoms with van der Waals surface area (Å²) in [4.78, 5) is 6.15. The maximum absolute atomic E-state index is 3.98. The zero-order chi connectivity index (χ0) is 64.6. The Hall–Kier alpha value is -8.27. The largest absolute Gasteiger partial charge is 0.345 e. The number of para-hydroxylation sites is 4. The number of benzene rings is 10. The fourth-order valence-corrected chi connectivity index (χ4v) is 7.93. The van der Waals surface area contributed by atoms with E-state index >= 15 is 0 Å². The van der Waals surface area contributed by atoms with Gasteiger partial charge >= 0.3 is 0 Å². The van der Waals surface area contributed by atoms with Crippen LogP contribution >= 0.6 is 0 Å². The number of hydrogen-bond acceptors (Lipinski definition) is 2. The Kier molecular flexibility index (Phi) is 52.3. The zero-order valence-electron chi connectivity index (χ0n) is 57.2. The van der Waals surface area contributed by atoms with Crippen LogP contribution in [0.15, 0.2) is 267 Å². The van der Waals surface area contributed by atoms with Gasteiger partial charge in [0.25, 0.3) is 0 Å². The molecule has 0 N–H and O–H groups in total. The molecule has 3 nitrogen and oxygen atoms in total. The molecule has 85 heavy (non-hydrogen) atoms. The first-order valence-corrected chi connectivity index (χ1v) is 31.8. The van der Waals surface area contributed by atoms with Crippen LogP contribution in [-0.4, -0.2) is 16.6 Å². The second kappa shape index (κ2) is 54.9. The number of hydrogen-bond donors (Lipinski definition) is 0. The molecule has 0 saturated carbocycles. The van der Waals surface area contributed by atoms with Gasteiger partial charge in [0.15, 0.2) is 0 Å². The summed E-state index contributed by atoms with van der Waals surface area (Å²) in [5.41, 5.74) is 8.79. The minimum absolute atomic E-state index is 1.07. The van der Waals surface area contributed by atoms with E-state index in [4.69, 9.17) is 0 Å². The highest BCUT2D eigenvalue weighted by Crippen LogP contribution is 2.29. The molecule has 0 aliphatic rings. The molecule has 0 aliphatic heterocycles. The summed E-state index contributed by atoms with van der Waals surface area (Å²) in [7, 11) is 4.19. The molecular formula is C82H113N3. The van der Waals surface area contributed by atoms with Gasteiger partial charge in [-0.25, -0.2) is 0 Å². The molecule has 0 aliphatic carbocycles. The van der Waals surface area contributed by atoms with Crippen LogP contribution in [0.4, 0.5) is 11.4 Å². The number of pyridine rings is 1. The van der Waals surface area contributed by atoms with E-state index in [1.54, 1.807) is 6.20 Å². The molecule has 2 heterocycles. The summed E-state index contributed by atoms with van der Waals surface area (Å²) < 4.78 is 2.24. The predicted octanol–water partition coefficient (Wildman–Crippen LogP) is 26.5. The molecule has 0 saturated heterocycles. The van der Waals surface area contributed by atoms with E-state index in [-0.39, 0.29) is 0 Å². The van der Waals surface area contributed by atoms with E-state index in [1.807, 2.05) is 180 Å². The molecule has 456 valence electrons. The first kappa shape index (κ1) is 80.9. The van der Waals surface area contributed by atoms with Gasteiger partial charge in [-0.15, -0.1) is 0 Å². The van der Waals surface area contributed by atoms with Gasteiger partial charge in [0.1, 0.15) is 0 Å². The van der Waals surface area contributed by atoms with E-state index < -0.39 is 0 Å². The average molecular weight is 1140 g/mol. The minimum atomic E-state index is 1.07. The van der Waals surface area contributed by atoms with Crippen LogP contribution in [0.25, 0.3) is 54.1 Å². The molecule has 0 fully saturated rings. The monoisotopic (exact) mass is 1140 g/mol. The highest BCUT2D eigenvalue weighted by atomic mass is 15.1. The van der Waals surface area contributed by atoms with Gasteiger partial charge in [-0.05, 0) is 113 Å². The Morgan fingerprint density at radius 3 is 0.835 bits per heavy atom. The van der Waals surface area contributed by atoms with Crippen molar-refractivity contribution in [3.63, 3.8) is 0 Å². The highest BCUT2D eigenvalue weighted by molar-refractivity contribution is 6.08. The Morgan fingerprint density at radius 2 is 0.553 bits per heavy atom. The molecule has 0 atom stereocenters. The van der Waals surface area contributed by atoms with Crippen LogP contribution in [0.5, 0.6) is 0 Å². The molecule has 0 amide bonds. The van der Waals surface area contributed by atoms with Gasteiger partial charge in [0.05, 0.1) is 0 Å². The number of aromatic nitrogens is 2. The first-order valence-electron chi connectivity index (χ1n) is 31.8. The van der Waals surface area contributed by atoms with Crippen molar-refractivity contribution >= 4 is 65.5 Å². The van der Waals surface area contributed by atoms with Gasteiger partial charge in [0, 0.05) is 59.2 Å². The summed E-state index contributed by atoms with van der Waals surface area (Å²) in [5.74, 6) is 0. The van der Waals surface area contributed by atoms with Crippen LogP contribution in [0, 0.1) is 20.8 Å². The van der Waals surface area contributed by atoms with Crippen LogP contribution in [0.3, 0.4) is 0 Å². The Bertz CT molecular complexity index is 3100. The number of nitrogens with zero attached hydrogens (tertiary/aromatic N) is 3. The topological polar surface area (TPSA) is 21.1 Å². The van der Waals surface area contributed by atoms with E-state index in [9.17, 15) is 0 Å². The van der Waals surface area contributed by atoms with Gasteiger partial charge in [-0.2, -0.15) is 0 Å². The summed E-state index contributed by atoms with van der Waals surface area (Å²) in [6.07, 6.45) is 1.79. The zero-order valence-corrected chi connectivity index (χ0v) is 57.2. The van der Waals surface area contributed by atoms with E-state index in [1.165, 1.54) is 76.6 Å². The summed E-state index contributed by atoms with van der Waals surface area (Å²) in [5, 5.41) is 10.7. The molecule has 0 unspecified atom stereocenters. The molecule has 2 aromatic heterocycles. The van der Waals surface area contributed by atoms with Crippen LogP contribution in [0.1, 0.15) is 141 Å². The third kappa shape index (κ3) is 29.7. The normalized spacial score (nSPS) is 8.65. The Labute approximate surface area is 520 Å². The van der Waals surface area contributed by atoms with Gasteiger partial charge < -0.3 is 9.47 Å². The lowest BCUT2D eigenvalue weighted by Gasteiger charge is -2.18. The highest BCUT2D eigenvalue weighted by Gasteiger charge is 2.05. The lowest BCUT2D eigenvalue weighted by molar-refractivity contribution is 1.01. The number of anilines is 2. The summed E-state index contributed by atoms with van der Waals surface area (Å²) >= 11 is 0. The van der Waals surface area contributed by atoms with Crippen LogP contribution in [0.2, 0.25) is 0 Å². The van der Waals surface area contributed by atoms with Crippen molar-refractivity contribution in [2.24, 2.45) is 7.05 Å². The molecule has 0 spiro atoms. The van der Waals surface area contributed by atoms with E-state index in [0.29, 0.717) is 0 Å². The smallest absolute Gasteiger partial charge is 0.0488 e. The molecule has 12 rings (SSSR count). The van der Waals surface area contributed by atoms with E-state index in [0.717, 1.165) is 5.69 Å².